The van der Waals surface area contributed by atoms with Crippen LogP contribution in [0.4, 0.5) is 0 Å². The van der Waals surface area contributed by atoms with Gasteiger partial charge in [-0.15, -0.1) is 0 Å². The number of carbonyl (C=O) groups excluding carboxylic acids is 1. The number of fused-ring (bicyclic) bond motifs is 3. The number of piperidine rings is 1. The van der Waals surface area contributed by atoms with Gasteiger partial charge in [0.05, 0.1) is 16.6 Å². The van der Waals surface area contributed by atoms with Gasteiger partial charge in [-0.3, -0.25) is 4.79 Å². The predicted octanol–water partition coefficient (Wildman–Crippen LogP) is 1.24. The average Bonchev–Trinajstić information content (AvgIpc) is 3.21. The van der Waals surface area contributed by atoms with Crippen molar-refractivity contribution in [1.82, 2.24) is 14.6 Å². The fourth-order valence-corrected chi connectivity index (χ4v) is 3.54. The number of amides is 1. The zero-order valence-electron chi connectivity index (χ0n) is 11.6. The van der Waals surface area contributed by atoms with E-state index in [1.807, 2.05) is 16.7 Å². The Morgan fingerprint density at radius 2 is 2.24 bits per heavy atom. The Morgan fingerprint density at radius 1 is 1.33 bits per heavy atom. The number of hydrogen-bond acceptors (Lipinski definition) is 3. The molecule has 2 aliphatic heterocycles. The van der Waals surface area contributed by atoms with Crippen molar-refractivity contribution in [3.8, 4) is 6.07 Å². The van der Waals surface area contributed by atoms with E-state index in [0.717, 1.165) is 18.6 Å². The molecule has 0 spiro atoms. The van der Waals surface area contributed by atoms with Crippen molar-refractivity contribution in [2.24, 2.45) is 5.92 Å². The number of nitrogens with one attached hydrogen (secondary N) is 1. The molecule has 2 bridgehead atoms. The highest BCUT2D eigenvalue weighted by Gasteiger charge is 2.38. The van der Waals surface area contributed by atoms with Crippen LogP contribution >= 0.6 is 0 Å². The van der Waals surface area contributed by atoms with E-state index in [2.05, 4.69) is 16.3 Å². The molecule has 2 saturated heterocycles. The quantitative estimate of drug-likeness (QED) is 0.900. The van der Waals surface area contributed by atoms with Gasteiger partial charge in [-0.05, 0) is 37.1 Å². The van der Waals surface area contributed by atoms with Gasteiger partial charge in [0.2, 0.25) is 0 Å². The SMILES string of the molecule is N#Cc1ccn2cc(C(=O)NC3CN4CC[C@@H]3C4)ccc12. The molecular weight excluding hydrogens is 264 g/mol. The summed E-state index contributed by atoms with van der Waals surface area (Å²) < 4.78 is 1.83. The molecular formula is C16H16N4O. The molecule has 2 unspecified atom stereocenters. The molecule has 1 amide bonds. The van der Waals surface area contributed by atoms with Gasteiger partial charge in [-0.1, -0.05) is 0 Å². The lowest BCUT2D eigenvalue weighted by molar-refractivity contribution is 0.0924. The first-order valence-electron chi connectivity index (χ1n) is 7.28. The molecule has 1 N–H and O–H groups in total. The van der Waals surface area contributed by atoms with E-state index in [1.165, 1.54) is 13.0 Å². The topological polar surface area (TPSA) is 60.5 Å². The monoisotopic (exact) mass is 280 g/mol. The number of nitrogens with zero attached hydrogens (tertiary/aromatic N) is 3. The third-order valence-corrected chi connectivity index (χ3v) is 4.69. The van der Waals surface area contributed by atoms with Crippen molar-refractivity contribution in [3.63, 3.8) is 0 Å². The Hall–Kier alpha value is -2.32. The second kappa shape index (κ2) is 4.61. The summed E-state index contributed by atoms with van der Waals surface area (Å²) in [7, 11) is 0. The number of nitriles is 1. The number of rotatable bonds is 2. The van der Waals surface area contributed by atoms with Crippen LogP contribution in [0.25, 0.3) is 5.52 Å². The molecule has 0 aromatic carbocycles. The standard InChI is InChI=1S/C16H16N4O/c17-7-11-4-6-20-9-13(1-2-15(11)20)16(21)18-14-10-19-5-3-12(14)8-19/h1-2,4,6,9,12,14H,3,5,8,10H2,(H,18,21)/t12-,14?/m1/s1. The number of hydrogen-bond donors (Lipinski definition) is 1. The summed E-state index contributed by atoms with van der Waals surface area (Å²) in [5.41, 5.74) is 2.10. The largest absolute Gasteiger partial charge is 0.348 e. The number of carbonyl (C=O) groups is 1. The van der Waals surface area contributed by atoms with Crippen LogP contribution in [-0.2, 0) is 0 Å². The molecule has 4 rings (SSSR count). The lowest BCUT2D eigenvalue weighted by atomic mass is 10.00. The summed E-state index contributed by atoms with van der Waals surface area (Å²) in [6.07, 6.45) is 4.79. The third kappa shape index (κ3) is 1.99. The maximum atomic E-state index is 12.4. The predicted molar refractivity (Wildman–Crippen MR) is 77.9 cm³/mol. The second-order valence-corrected chi connectivity index (χ2v) is 5.94. The lowest BCUT2D eigenvalue weighted by Gasteiger charge is -2.23. The highest BCUT2D eigenvalue weighted by Crippen LogP contribution is 2.27. The molecule has 2 aromatic heterocycles. The van der Waals surface area contributed by atoms with Crippen LogP contribution < -0.4 is 5.32 Å². The van der Waals surface area contributed by atoms with Crippen LogP contribution in [0.5, 0.6) is 0 Å². The first-order valence-corrected chi connectivity index (χ1v) is 7.28. The summed E-state index contributed by atoms with van der Waals surface area (Å²) in [6.45, 7) is 3.26. The van der Waals surface area contributed by atoms with Crippen LogP contribution in [0.2, 0.25) is 0 Å². The summed E-state index contributed by atoms with van der Waals surface area (Å²) in [4.78, 5) is 14.8. The Bertz CT molecular complexity index is 757. The molecule has 5 nitrogen and oxygen atoms in total. The summed E-state index contributed by atoms with van der Waals surface area (Å²) in [6, 6.07) is 7.81. The summed E-state index contributed by atoms with van der Waals surface area (Å²) in [5.74, 6) is 0.581. The molecule has 3 atom stereocenters. The molecule has 5 heteroatoms. The first-order chi connectivity index (χ1) is 10.2. The van der Waals surface area contributed by atoms with Gasteiger partial charge in [-0.2, -0.15) is 5.26 Å². The van der Waals surface area contributed by atoms with Crippen LogP contribution in [0.15, 0.2) is 30.6 Å². The van der Waals surface area contributed by atoms with Crippen LogP contribution in [0.1, 0.15) is 22.3 Å². The van der Waals surface area contributed by atoms with Crippen molar-refractivity contribution in [1.29, 1.82) is 5.26 Å². The highest BCUT2D eigenvalue weighted by atomic mass is 16.1. The van der Waals surface area contributed by atoms with E-state index >= 15 is 0 Å². The molecule has 21 heavy (non-hydrogen) atoms. The minimum Gasteiger partial charge on any atom is -0.348 e. The van der Waals surface area contributed by atoms with Gasteiger partial charge in [-0.25, -0.2) is 0 Å². The van der Waals surface area contributed by atoms with Gasteiger partial charge in [0, 0.05) is 31.5 Å². The van der Waals surface area contributed by atoms with Gasteiger partial charge >= 0.3 is 0 Å². The summed E-state index contributed by atoms with van der Waals surface area (Å²) >= 11 is 0. The fourth-order valence-electron chi connectivity index (χ4n) is 3.54. The zero-order valence-corrected chi connectivity index (χ0v) is 11.6. The first kappa shape index (κ1) is 12.4. The molecule has 4 heterocycles. The van der Waals surface area contributed by atoms with E-state index in [4.69, 9.17) is 5.26 Å². The van der Waals surface area contributed by atoms with Crippen LogP contribution in [-0.4, -0.2) is 40.9 Å². The Morgan fingerprint density at radius 3 is 2.95 bits per heavy atom. The molecule has 0 radical (unpaired) electrons. The molecule has 106 valence electrons. The Labute approximate surface area is 122 Å². The highest BCUT2D eigenvalue weighted by molar-refractivity contribution is 5.94. The van der Waals surface area contributed by atoms with Crippen molar-refractivity contribution in [3.05, 3.63) is 41.7 Å². The van der Waals surface area contributed by atoms with Gasteiger partial charge in [0.15, 0.2) is 0 Å². The van der Waals surface area contributed by atoms with Crippen molar-refractivity contribution in [2.75, 3.05) is 19.6 Å². The third-order valence-electron chi connectivity index (χ3n) is 4.69. The minimum absolute atomic E-state index is 0.0251. The molecule has 2 fully saturated rings. The molecule has 2 aliphatic rings. The van der Waals surface area contributed by atoms with E-state index in [1.54, 1.807) is 18.3 Å². The Balaban J connectivity index is 1.55. The van der Waals surface area contributed by atoms with E-state index < -0.39 is 0 Å². The van der Waals surface area contributed by atoms with Gasteiger partial charge in [0.25, 0.3) is 5.91 Å². The maximum absolute atomic E-state index is 12.4. The molecule has 0 aliphatic carbocycles. The van der Waals surface area contributed by atoms with Crippen molar-refractivity contribution < 1.29 is 4.79 Å². The smallest absolute Gasteiger partial charge is 0.253 e. The van der Waals surface area contributed by atoms with Crippen molar-refractivity contribution >= 4 is 11.4 Å². The van der Waals surface area contributed by atoms with Crippen LogP contribution in [0, 0.1) is 17.2 Å². The lowest BCUT2D eigenvalue weighted by Crippen LogP contribution is -2.43. The minimum atomic E-state index is -0.0251. The van der Waals surface area contributed by atoms with E-state index in [9.17, 15) is 4.79 Å². The molecule has 0 saturated carbocycles. The maximum Gasteiger partial charge on any atom is 0.253 e. The summed E-state index contributed by atoms with van der Waals surface area (Å²) in [5, 5.41) is 12.2. The van der Waals surface area contributed by atoms with E-state index in [-0.39, 0.29) is 11.9 Å². The fraction of sp³-hybridized carbons (Fsp3) is 0.375. The average molecular weight is 280 g/mol. The number of pyridine rings is 1. The number of aromatic nitrogens is 1. The van der Waals surface area contributed by atoms with Gasteiger partial charge in [0.1, 0.15) is 6.07 Å². The normalized spacial score (nSPS) is 26.9. The van der Waals surface area contributed by atoms with Gasteiger partial charge < -0.3 is 14.6 Å². The second-order valence-electron chi connectivity index (χ2n) is 5.94. The van der Waals surface area contributed by atoms with Crippen LogP contribution in [0.3, 0.4) is 0 Å². The molecule has 2 aromatic rings. The van der Waals surface area contributed by atoms with Crippen molar-refractivity contribution in [2.45, 2.75) is 12.5 Å². The Kier molecular flexibility index (Phi) is 2.72. The van der Waals surface area contributed by atoms with E-state index in [0.29, 0.717) is 17.0 Å². The zero-order chi connectivity index (χ0) is 14.4.